The van der Waals surface area contributed by atoms with Crippen LogP contribution in [0.2, 0.25) is 0 Å². The molecule has 0 atom stereocenters. The summed E-state index contributed by atoms with van der Waals surface area (Å²) in [5, 5.41) is 4.44. The second kappa shape index (κ2) is 7.66. The zero-order valence-corrected chi connectivity index (χ0v) is 15.6. The molecule has 0 unspecified atom stereocenters. The molecule has 0 spiro atoms. The van der Waals surface area contributed by atoms with Crippen LogP contribution in [0.4, 0.5) is 0 Å². The minimum atomic E-state index is 0.915. The number of aryl methyl sites for hydroxylation is 4. The third-order valence-corrected chi connectivity index (χ3v) is 4.56. The molecule has 2 heterocycles. The lowest BCUT2D eigenvalue weighted by atomic mass is 10.0. The van der Waals surface area contributed by atoms with Gasteiger partial charge in [0.05, 0.1) is 5.69 Å². The quantitative estimate of drug-likeness (QED) is 0.664. The standard InChI is InChI=1S/C20H27N5/c1-16-13-17(2)20(25-11-6-8-22-25)18(14-16)15-23(3)10-5-7-19-21-9-12-24(19)4/h6,8-9,11-14H,5,7,10,15H2,1-4H3. The van der Waals surface area contributed by atoms with Crippen molar-refractivity contribution >= 4 is 0 Å². The van der Waals surface area contributed by atoms with Crippen LogP contribution in [0, 0.1) is 13.8 Å². The number of nitrogens with zero attached hydrogens (tertiary/aromatic N) is 5. The molecule has 3 aromatic rings. The molecule has 0 saturated heterocycles. The molecule has 0 aliphatic heterocycles. The van der Waals surface area contributed by atoms with Gasteiger partial charge < -0.3 is 9.47 Å². The Labute approximate surface area is 149 Å². The minimum Gasteiger partial charge on any atom is -0.338 e. The maximum absolute atomic E-state index is 4.44. The van der Waals surface area contributed by atoms with E-state index in [1.807, 2.05) is 35.5 Å². The van der Waals surface area contributed by atoms with Crippen molar-refractivity contribution in [3.63, 3.8) is 0 Å². The van der Waals surface area contributed by atoms with Gasteiger partial charge >= 0.3 is 0 Å². The van der Waals surface area contributed by atoms with E-state index in [9.17, 15) is 0 Å². The van der Waals surface area contributed by atoms with Crippen LogP contribution in [0.1, 0.15) is 28.9 Å². The fourth-order valence-corrected chi connectivity index (χ4v) is 3.41. The summed E-state index contributed by atoms with van der Waals surface area (Å²) < 4.78 is 4.07. The van der Waals surface area contributed by atoms with Gasteiger partial charge in [-0.05, 0) is 51.1 Å². The Morgan fingerprint density at radius 2 is 1.96 bits per heavy atom. The maximum Gasteiger partial charge on any atom is 0.108 e. The normalized spacial score (nSPS) is 11.4. The molecular formula is C20H27N5. The van der Waals surface area contributed by atoms with E-state index < -0.39 is 0 Å². The highest BCUT2D eigenvalue weighted by atomic mass is 15.3. The highest BCUT2D eigenvalue weighted by Gasteiger charge is 2.12. The van der Waals surface area contributed by atoms with Gasteiger partial charge in [-0.1, -0.05) is 17.7 Å². The molecule has 2 aromatic heterocycles. The molecule has 5 nitrogen and oxygen atoms in total. The number of rotatable bonds is 7. The number of hydrogen-bond acceptors (Lipinski definition) is 3. The largest absolute Gasteiger partial charge is 0.338 e. The molecule has 0 fully saturated rings. The Balaban J connectivity index is 1.68. The van der Waals surface area contributed by atoms with Crippen molar-refractivity contribution in [1.82, 2.24) is 24.2 Å². The first-order valence-electron chi connectivity index (χ1n) is 8.79. The lowest BCUT2D eigenvalue weighted by Gasteiger charge is -2.20. The molecule has 0 aliphatic rings. The van der Waals surface area contributed by atoms with Crippen LogP contribution in [0.25, 0.3) is 5.69 Å². The zero-order chi connectivity index (χ0) is 17.8. The molecule has 0 N–H and O–H groups in total. The van der Waals surface area contributed by atoms with Gasteiger partial charge in [0.2, 0.25) is 0 Å². The Hall–Kier alpha value is -2.40. The Kier molecular flexibility index (Phi) is 5.34. The number of aromatic nitrogens is 4. The molecular weight excluding hydrogens is 310 g/mol. The van der Waals surface area contributed by atoms with Crippen molar-refractivity contribution in [2.45, 2.75) is 33.2 Å². The molecule has 0 amide bonds. The average Bonchev–Trinajstić information content (AvgIpc) is 3.19. The van der Waals surface area contributed by atoms with Crippen molar-refractivity contribution < 1.29 is 0 Å². The number of imidazole rings is 1. The van der Waals surface area contributed by atoms with Gasteiger partial charge in [-0.3, -0.25) is 0 Å². The van der Waals surface area contributed by atoms with Gasteiger partial charge in [0.15, 0.2) is 0 Å². The highest BCUT2D eigenvalue weighted by molar-refractivity contribution is 5.49. The molecule has 25 heavy (non-hydrogen) atoms. The zero-order valence-electron chi connectivity index (χ0n) is 15.6. The predicted molar refractivity (Wildman–Crippen MR) is 101 cm³/mol. The van der Waals surface area contributed by atoms with Crippen LogP contribution >= 0.6 is 0 Å². The molecule has 1 aromatic carbocycles. The maximum atomic E-state index is 4.44. The second-order valence-electron chi connectivity index (χ2n) is 6.84. The molecule has 132 valence electrons. The first kappa shape index (κ1) is 17.4. The van der Waals surface area contributed by atoms with E-state index in [0.29, 0.717) is 0 Å². The van der Waals surface area contributed by atoms with Gasteiger partial charge in [-0.25, -0.2) is 9.67 Å². The van der Waals surface area contributed by atoms with Gasteiger partial charge in [-0.2, -0.15) is 5.10 Å². The van der Waals surface area contributed by atoms with Crippen molar-refractivity contribution in [1.29, 1.82) is 0 Å². The lowest BCUT2D eigenvalue weighted by Crippen LogP contribution is -2.21. The van der Waals surface area contributed by atoms with E-state index in [1.165, 1.54) is 22.4 Å². The van der Waals surface area contributed by atoms with Crippen LogP contribution in [-0.4, -0.2) is 37.8 Å². The smallest absolute Gasteiger partial charge is 0.108 e. The third-order valence-electron chi connectivity index (χ3n) is 4.56. The van der Waals surface area contributed by atoms with Gasteiger partial charge in [0, 0.05) is 44.8 Å². The predicted octanol–water partition coefficient (Wildman–Crippen LogP) is 3.29. The Morgan fingerprint density at radius 1 is 1.12 bits per heavy atom. The number of hydrogen-bond donors (Lipinski definition) is 0. The van der Waals surface area contributed by atoms with E-state index in [0.717, 1.165) is 31.8 Å². The van der Waals surface area contributed by atoms with Crippen LogP contribution < -0.4 is 0 Å². The topological polar surface area (TPSA) is 38.9 Å². The molecule has 0 aliphatic carbocycles. The van der Waals surface area contributed by atoms with Crippen molar-refractivity contribution in [2.75, 3.05) is 13.6 Å². The van der Waals surface area contributed by atoms with Crippen LogP contribution in [0.5, 0.6) is 0 Å². The Bertz CT molecular complexity index is 817. The second-order valence-corrected chi connectivity index (χ2v) is 6.84. The van der Waals surface area contributed by atoms with E-state index in [2.05, 4.69) is 59.6 Å². The summed E-state index contributed by atoms with van der Waals surface area (Å²) in [6.45, 7) is 6.27. The van der Waals surface area contributed by atoms with Crippen LogP contribution in [0.3, 0.4) is 0 Å². The van der Waals surface area contributed by atoms with Crippen molar-refractivity contribution in [3.8, 4) is 5.69 Å². The first-order valence-corrected chi connectivity index (χ1v) is 8.79. The summed E-state index contributed by atoms with van der Waals surface area (Å²) in [4.78, 5) is 6.78. The molecule has 0 bridgehead atoms. The highest BCUT2D eigenvalue weighted by Crippen LogP contribution is 2.22. The summed E-state index contributed by atoms with van der Waals surface area (Å²) >= 11 is 0. The van der Waals surface area contributed by atoms with E-state index >= 15 is 0 Å². The summed E-state index contributed by atoms with van der Waals surface area (Å²) in [6, 6.07) is 6.47. The molecule has 0 radical (unpaired) electrons. The fraction of sp³-hybridized carbons (Fsp3) is 0.400. The fourth-order valence-electron chi connectivity index (χ4n) is 3.41. The summed E-state index contributed by atoms with van der Waals surface area (Å²) in [5.74, 6) is 1.15. The van der Waals surface area contributed by atoms with Crippen LogP contribution in [0.15, 0.2) is 43.0 Å². The van der Waals surface area contributed by atoms with Crippen LogP contribution in [-0.2, 0) is 20.0 Å². The molecule has 3 rings (SSSR count). The van der Waals surface area contributed by atoms with E-state index in [1.54, 1.807) is 0 Å². The minimum absolute atomic E-state index is 0.915. The summed E-state index contributed by atoms with van der Waals surface area (Å²) in [5.41, 5.74) is 5.08. The monoisotopic (exact) mass is 337 g/mol. The van der Waals surface area contributed by atoms with Gasteiger partial charge in [0.1, 0.15) is 5.82 Å². The summed E-state index contributed by atoms with van der Waals surface area (Å²) in [7, 11) is 4.24. The van der Waals surface area contributed by atoms with Crippen molar-refractivity contribution in [3.05, 3.63) is 65.5 Å². The van der Waals surface area contributed by atoms with Gasteiger partial charge in [0.25, 0.3) is 0 Å². The number of benzene rings is 1. The SMILES string of the molecule is Cc1cc(C)c(-n2cccn2)c(CN(C)CCCc2nccn2C)c1. The lowest BCUT2D eigenvalue weighted by molar-refractivity contribution is 0.320. The van der Waals surface area contributed by atoms with Crippen molar-refractivity contribution in [2.24, 2.45) is 7.05 Å². The molecule has 5 heteroatoms. The summed E-state index contributed by atoms with van der Waals surface area (Å²) in [6.07, 6.45) is 9.83. The van der Waals surface area contributed by atoms with Gasteiger partial charge in [-0.15, -0.1) is 0 Å². The molecule has 0 saturated carbocycles. The van der Waals surface area contributed by atoms with E-state index in [-0.39, 0.29) is 0 Å². The first-order chi connectivity index (χ1) is 12.0. The average molecular weight is 337 g/mol. The third kappa shape index (κ3) is 4.17. The van der Waals surface area contributed by atoms with E-state index in [4.69, 9.17) is 0 Å². The Morgan fingerprint density at radius 3 is 2.64 bits per heavy atom.